The zero-order valence-corrected chi connectivity index (χ0v) is 11.5. The summed E-state index contributed by atoms with van der Waals surface area (Å²) in [7, 11) is 0. The fraction of sp³-hybridized carbons (Fsp3) is 0.500. The van der Waals surface area contributed by atoms with E-state index >= 15 is 0 Å². The first-order valence-corrected chi connectivity index (χ1v) is 6.63. The van der Waals surface area contributed by atoms with E-state index in [2.05, 4.69) is 39.5 Å². The van der Waals surface area contributed by atoms with Gasteiger partial charge in [-0.05, 0) is 42.9 Å². The molecule has 0 saturated heterocycles. The van der Waals surface area contributed by atoms with Gasteiger partial charge in [0.25, 0.3) is 0 Å². The molecule has 0 amide bonds. The number of anilines is 1. The van der Waals surface area contributed by atoms with Gasteiger partial charge in [0, 0.05) is 5.69 Å². The maximum Gasteiger partial charge on any atom is 0.0379 e. The number of hydrogen-bond donors (Lipinski definition) is 1. The summed E-state index contributed by atoms with van der Waals surface area (Å²) in [6.45, 7) is 10.5. The molecule has 1 heteroatoms. The zero-order valence-electron chi connectivity index (χ0n) is 11.5. The Morgan fingerprint density at radius 3 is 1.94 bits per heavy atom. The molecule has 94 valence electrons. The number of allylic oxidation sites excluding steroid dienone is 1. The number of aryl methyl sites for hydroxylation is 2. The average molecular weight is 231 g/mol. The maximum absolute atomic E-state index is 6.23. The van der Waals surface area contributed by atoms with Gasteiger partial charge in [0.15, 0.2) is 0 Å². The Kier molecular flexibility index (Phi) is 5.27. The van der Waals surface area contributed by atoms with Gasteiger partial charge in [-0.15, -0.1) is 0 Å². The molecule has 0 unspecified atom stereocenters. The fourth-order valence-corrected chi connectivity index (χ4v) is 2.25. The van der Waals surface area contributed by atoms with Gasteiger partial charge < -0.3 is 5.73 Å². The quantitative estimate of drug-likeness (QED) is 0.573. The number of nitrogen functional groups attached to an aromatic ring is 1. The van der Waals surface area contributed by atoms with E-state index in [1.807, 2.05) is 0 Å². The number of hydrogen-bond acceptors (Lipinski definition) is 1. The molecule has 0 saturated carbocycles. The minimum Gasteiger partial charge on any atom is -0.398 e. The standard InChI is InChI=1S/C16H25N/c1-5-7-14-10-13(9-12(3)4)11-15(8-6-2)16(14)17/h10-11H,3,5-9,17H2,1-2,4H3. The molecule has 1 rings (SSSR count). The third-order valence-corrected chi connectivity index (χ3v) is 2.96. The van der Waals surface area contributed by atoms with Crippen LogP contribution in [0.25, 0.3) is 0 Å². The molecular weight excluding hydrogens is 206 g/mol. The van der Waals surface area contributed by atoms with Crippen LogP contribution < -0.4 is 5.73 Å². The van der Waals surface area contributed by atoms with E-state index in [9.17, 15) is 0 Å². The third-order valence-electron chi connectivity index (χ3n) is 2.96. The van der Waals surface area contributed by atoms with Gasteiger partial charge in [-0.2, -0.15) is 0 Å². The highest BCUT2D eigenvalue weighted by Gasteiger charge is 2.07. The maximum atomic E-state index is 6.23. The molecule has 0 radical (unpaired) electrons. The molecule has 0 spiro atoms. The lowest BCUT2D eigenvalue weighted by Gasteiger charge is -2.13. The number of rotatable bonds is 6. The molecule has 0 atom stereocenters. The van der Waals surface area contributed by atoms with Gasteiger partial charge in [0.1, 0.15) is 0 Å². The van der Waals surface area contributed by atoms with Gasteiger partial charge in [-0.3, -0.25) is 0 Å². The Hall–Kier alpha value is -1.24. The summed E-state index contributed by atoms with van der Waals surface area (Å²) < 4.78 is 0. The predicted octanol–water partition coefficient (Wildman–Crippen LogP) is 4.29. The van der Waals surface area contributed by atoms with Crippen molar-refractivity contribution in [3.63, 3.8) is 0 Å². The molecule has 0 bridgehead atoms. The van der Waals surface area contributed by atoms with Crippen molar-refractivity contribution < 1.29 is 0 Å². The van der Waals surface area contributed by atoms with Crippen LogP contribution in [0.3, 0.4) is 0 Å². The van der Waals surface area contributed by atoms with E-state index in [-0.39, 0.29) is 0 Å². The largest absolute Gasteiger partial charge is 0.398 e. The first kappa shape index (κ1) is 13.8. The van der Waals surface area contributed by atoms with E-state index < -0.39 is 0 Å². The molecule has 0 aromatic heterocycles. The van der Waals surface area contributed by atoms with E-state index in [1.54, 1.807) is 0 Å². The molecule has 0 heterocycles. The molecular formula is C16H25N. The Balaban J connectivity index is 3.10. The molecule has 0 aliphatic carbocycles. The molecule has 0 aliphatic rings. The van der Waals surface area contributed by atoms with Gasteiger partial charge in [-0.25, -0.2) is 0 Å². The summed E-state index contributed by atoms with van der Waals surface area (Å²) in [4.78, 5) is 0. The average Bonchev–Trinajstić information content (AvgIpc) is 2.24. The zero-order chi connectivity index (χ0) is 12.8. The smallest absolute Gasteiger partial charge is 0.0379 e. The van der Waals surface area contributed by atoms with Crippen molar-refractivity contribution in [3.05, 3.63) is 41.0 Å². The van der Waals surface area contributed by atoms with E-state index in [0.29, 0.717) is 0 Å². The van der Waals surface area contributed by atoms with E-state index in [0.717, 1.165) is 37.8 Å². The van der Waals surface area contributed by atoms with Crippen molar-refractivity contribution in [2.45, 2.75) is 52.9 Å². The predicted molar refractivity (Wildman–Crippen MR) is 77.4 cm³/mol. The lowest BCUT2D eigenvalue weighted by atomic mass is 9.95. The molecule has 1 aromatic carbocycles. The summed E-state index contributed by atoms with van der Waals surface area (Å²) >= 11 is 0. The minimum absolute atomic E-state index is 0.966. The van der Waals surface area contributed by atoms with Crippen LogP contribution in [-0.2, 0) is 19.3 Å². The summed E-state index contributed by atoms with van der Waals surface area (Å²) in [5, 5.41) is 0. The SMILES string of the molecule is C=C(C)Cc1cc(CCC)c(N)c(CCC)c1. The van der Waals surface area contributed by atoms with E-state index in [4.69, 9.17) is 5.73 Å². The third kappa shape index (κ3) is 3.92. The fourth-order valence-electron chi connectivity index (χ4n) is 2.25. The van der Waals surface area contributed by atoms with Gasteiger partial charge in [0.05, 0.1) is 0 Å². The lowest BCUT2D eigenvalue weighted by molar-refractivity contribution is 0.894. The van der Waals surface area contributed by atoms with Crippen LogP contribution in [0.4, 0.5) is 5.69 Å². The highest BCUT2D eigenvalue weighted by Crippen LogP contribution is 2.24. The van der Waals surface area contributed by atoms with E-state index in [1.165, 1.54) is 22.3 Å². The first-order chi connectivity index (χ1) is 8.08. The normalized spacial score (nSPS) is 10.5. The summed E-state index contributed by atoms with van der Waals surface area (Å²) in [5.74, 6) is 0. The second-order valence-corrected chi connectivity index (χ2v) is 4.96. The highest BCUT2D eigenvalue weighted by atomic mass is 14.6. The van der Waals surface area contributed by atoms with Crippen LogP contribution in [0, 0.1) is 0 Å². The Morgan fingerprint density at radius 1 is 1.12 bits per heavy atom. The molecule has 17 heavy (non-hydrogen) atoms. The van der Waals surface area contributed by atoms with Crippen molar-refractivity contribution in [2.24, 2.45) is 0 Å². The second kappa shape index (κ2) is 6.48. The minimum atomic E-state index is 0.966. The highest BCUT2D eigenvalue weighted by molar-refractivity contribution is 5.56. The second-order valence-electron chi connectivity index (χ2n) is 4.96. The van der Waals surface area contributed by atoms with Crippen LogP contribution in [0.2, 0.25) is 0 Å². The first-order valence-electron chi connectivity index (χ1n) is 6.63. The molecule has 0 fully saturated rings. The number of benzene rings is 1. The van der Waals surface area contributed by atoms with Crippen molar-refractivity contribution in [1.82, 2.24) is 0 Å². The van der Waals surface area contributed by atoms with Crippen molar-refractivity contribution in [1.29, 1.82) is 0 Å². The Bertz CT molecular complexity index is 364. The van der Waals surface area contributed by atoms with Gasteiger partial charge in [0.2, 0.25) is 0 Å². The van der Waals surface area contributed by atoms with Crippen molar-refractivity contribution in [2.75, 3.05) is 5.73 Å². The van der Waals surface area contributed by atoms with Gasteiger partial charge >= 0.3 is 0 Å². The van der Waals surface area contributed by atoms with Crippen LogP contribution in [0.5, 0.6) is 0 Å². The van der Waals surface area contributed by atoms with Crippen LogP contribution >= 0.6 is 0 Å². The molecule has 2 N–H and O–H groups in total. The molecule has 1 nitrogen and oxygen atoms in total. The molecule has 1 aromatic rings. The van der Waals surface area contributed by atoms with Crippen molar-refractivity contribution >= 4 is 5.69 Å². The number of nitrogens with two attached hydrogens (primary N) is 1. The topological polar surface area (TPSA) is 26.0 Å². The van der Waals surface area contributed by atoms with Crippen LogP contribution in [-0.4, -0.2) is 0 Å². The summed E-state index contributed by atoms with van der Waals surface area (Å²) in [6, 6.07) is 4.51. The summed E-state index contributed by atoms with van der Waals surface area (Å²) in [5.41, 5.74) is 12.4. The Labute approximate surface area is 106 Å². The monoisotopic (exact) mass is 231 g/mol. The molecule has 0 aliphatic heterocycles. The van der Waals surface area contributed by atoms with Crippen molar-refractivity contribution in [3.8, 4) is 0 Å². The van der Waals surface area contributed by atoms with Crippen LogP contribution in [0.15, 0.2) is 24.3 Å². The Morgan fingerprint density at radius 2 is 1.59 bits per heavy atom. The lowest BCUT2D eigenvalue weighted by Crippen LogP contribution is -2.02. The van der Waals surface area contributed by atoms with Crippen LogP contribution in [0.1, 0.15) is 50.3 Å². The summed E-state index contributed by atoms with van der Waals surface area (Å²) in [6.07, 6.45) is 5.41. The van der Waals surface area contributed by atoms with Gasteiger partial charge in [-0.1, -0.05) is 51.0 Å².